The lowest BCUT2D eigenvalue weighted by Gasteiger charge is -2.30. The van der Waals surface area contributed by atoms with Crippen molar-refractivity contribution in [2.45, 2.75) is 47.1 Å². The third-order valence-electron chi connectivity index (χ3n) is 3.66. The summed E-state index contributed by atoms with van der Waals surface area (Å²) >= 11 is 0. The van der Waals surface area contributed by atoms with E-state index in [1.165, 1.54) is 0 Å². The molecule has 1 N–H and O–H groups in total. The van der Waals surface area contributed by atoms with E-state index in [4.69, 9.17) is 0 Å². The highest BCUT2D eigenvalue weighted by Crippen LogP contribution is 2.28. The third-order valence-corrected chi connectivity index (χ3v) is 3.66. The summed E-state index contributed by atoms with van der Waals surface area (Å²) in [7, 11) is 0. The Labute approximate surface area is 99.6 Å². The number of carbonyl (C=O) groups is 1. The maximum absolute atomic E-state index is 12.2. The van der Waals surface area contributed by atoms with Gasteiger partial charge >= 0.3 is 0 Å². The van der Waals surface area contributed by atoms with E-state index < -0.39 is 0 Å². The number of amides is 1. The van der Waals surface area contributed by atoms with Crippen molar-refractivity contribution < 1.29 is 4.79 Å². The summed E-state index contributed by atoms with van der Waals surface area (Å²) in [5.74, 6) is 0.417. The molecule has 1 saturated heterocycles. The molecule has 0 aromatic heterocycles. The standard InChI is InChI=1S/C13H26N2O/c1-6-14-11-7-8-15(9-11)12(16)10(2)13(3,4)5/h10-11,14H,6-9H2,1-5H3. The molecular weight excluding hydrogens is 200 g/mol. The number of likely N-dealkylation sites (tertiary alicyclic amines) is 1. The van der Waals surface area contributed by atoms with Gasteiger partial charge in [-0.05, 0) is 18.4 Å². The zero-order valence-corrected chi connectivity index (χ0v) is 11.3. The first-order chi connectivity index (χ1) is 7.36. The van der Waals surface area contributed by atoms with Crippen LogP contribution in [-0.2, 0) is 4.79 Å². The zero-order chi connectivity index (χ0) is 12.3. The molecule has 16 heavy (non-hydrogen) atoms. The minimum Gasteiger partial charge on any atom is -0.341 e. The molecule has 0 radical (unpaired) electrons. The first-order valence-corrected chi connectivity index (χ1v) is 6.38. The van der Waals surface area contributed by atoms with E-state index in [-0.39, 0.29) is 11.3 Å². The number of hydrogen-bond acceptors (Lipinski definition) is 2. The molecule has 1 aliphatic rings. The highest BCUT2D eigenvalue weighted by atomic mass is 16.2. The minimum atomic E-state index is 0.0629. The van der Waals surface area contributed by atoms with Crippen molar-refractivity contribution in [2.75, 3.05) is 19.6 Å². The Kier molecular flexibility index (Phi) is 4.36. The summed E-state index contributed by atoms with van der Waals surface area (Å²) in [5.41, 5.74) is 0.0629. The fourth-order valence-corrected chi connectivity index (χ4v) is 2.06. The summed E-state index contributed by atoms with van der Waals surface area (Å²) in [5, 5.41) is 3.41. The minimum absolute atomic E-state index is 0.0629. The second-order valence-electron chi connectivity index (χ2n) is 5.92. The molecule has 0 bridgehead atoms. The summed E-state index contributed by atoms with van der Waals surface area (Å²) < 4.78 is 0. The molecule has 0 aliphatic carbocycles. The predicted molar refractivity (Wildman–Crippen MR) is 67.3 cm³/mol. The molecule has 94 valence electrons. The van der Waals surface area contributed by atoms with Gasteiger partial charge in [-0.2, -0.15) is 0 Å². The predicted octanol–water partition coefficient (Wildman–Crippen LogP) is 1.88. The van der Waals surface area contributed by atoms with E-state index in [1.54, 1.807) is 0 Å². The highest BCUT2D eigenvalue weighted by molar-refractivity contribution is 5.79. The van der Waals surface area contributed by atoms with E-state index in [1.807, 2.05) is 11.8 Å². The van der Waals surface area contributed by atoms with E-state index in [9.17, 15) is 4.79 Å². The Morgan fingerprint density at radius 2 is 2.12 bits per heavy atom. The Morgan fingerprint density at radius 1 is 1.50 bits per heavy atom. The topological polar surface area (TPSA) is 32.3 Å². The fourth-order valence-electron chi connectivity index (χ4n) is 2.06. The van der Waals surface area contributed by atoms with Gasteiger partial charge < -0.3 is 10.2 Å². The molecule has 1 fully saturated rings. The summed E-state index contributed by atoms with van der Waals surface area (Å²) in [6.45, 7) is 13.3. The van der Waals surface area contributed by atoms with Gasteiger partial charge in [-0.3, -0.25) is 4.79 Å². The molecule has 1 aliphatic heterocycles. The number of rotatable bonds is 3. The van der Waals surface area contributed by atoms with Crippen molar-refractivity contribution in [3.63, 3.8) is 0 Å². The molecule has 0 aromatic rings. The molecule has 1 heterocycles. The van der Waals surface area contributed by atoms with Gasteiger partial charge in [0.1, 0.15) is 0 Å². The maximum Gasteiger partial charge on any atom is 0.225 e. The van der Waals surface area contributed by atoms with Gasteiger partial charge in [-0.1, -0.05) is 34.6 Å². The SMILES string of the molecule is CCNC1CCN(C(=O)C(C)C(C)(C)C)C1. The highest BCUT2D eigenvalue weighted by Gasteiger charge is 2.33. The van der Waals surface area contributed by atoms with Crippen molar-refractivity contribution in [1.29, 1.82) is 0 Å². The van der Waals surface area contributed by atoms with Crippen LogP contribution >= 0.6 is 0 Å². The van der Waals surface area contributed by atoms with E-state index in [0.717, 1.165) is 26.1 Å². The van der Waals surface area contributed by atoms with Gasteiger partial charge in [-0.25, -0.2) is 0 Å². The van der Waals surface area contributed by atoms with E-state index >= 15 is 0 Å². The van der Waals surface area contributed by atoms with Crippen LogP contribution in [-0.4, -0.2) is 36.5 Å². The maximum atomic E-state index is 12.2. The van der Waals surface area contributed by atoms with Gasteiger partial charge in [0.2, 0.25) is 5.91 Å². The van der Waals surface area contributed by atoms with Crippen LogP contribution < -0.4 is 5.32 Å². The quantitative estimate of drug-likeness (QED) is 0.797. The normalized spacial score (nSPS) is 23.6. The molecule has 2 atom stereocenters. The molecule has 0 spiro atoms. The van der Waals surface area contributed by atoms with Gasteiger partial charge in [0, 0.05) is 25.0 Å². The first kappa shape index (κ1) is 13.5. The van der Waals surface area contributed by atoms with Gasteiger partial charge in [0.15, 0.2) is 0 Å². The molecule has 1 amide bonds. The van der Waals surface area contributed by atoms with Crippen molar-refractivity contribution in [3.05, 3.63) is 0 Å². The second-order valence-corrected chi connectivity index (χ2v) is 5.92. The van der Waals surface area contributed by atoms with Crippen molar-refractivity contribution in [3.8, 4) is 0 Å². The number of nitrogens with one attached hydrogen (secondary N) is 1. The van der Waals surface area contributed by atoms with Crippen LogP contribution in [0.15, 0.2) is 0 Å². The summed E-state index contributed by atoms with van der Waals surface area (Å²) in [6, 6.07) is 0.501. The average Bonchev–Trinajstić information content (AvgIpc) is 2.63. The smallest absolute Gasteiger partial charge is 0.225 e. The summed E-state index contributed by atoms with van der Waals surface area (Å²) in [6.07, 6.45) is 1.09. The fraction of sp³-hybridized carbons (Fsp3) is 0.923. The second kappa shape index (κ2) is 5.17. The van der Waals surface area contributed by atoms with E-state index in [2.05, 4.69) is 33.0 Å². The lowest BCUT2D eigenvalue weighted by Crippen LogP contribution is -2.40. The Hall–Kier alpha value is -0.570. The number of carbonyl (C=O) groups excluding carboxylic acids is 1. The van der Waals surface area contributed by atoms with Crippen LogP contribution in [0.2, 0.25) is 0 Å². The Bertz CT molecular complexity index is 245. The van der Waals surface area contributed by atoms with Crippen molar-refractivity contribution in [2.24, 2.45) is 11.3 Å². The molecule has 1 rings (SSSR count). The third kappa shape index (κ3) is 3.21. The molecule has 0 aromatic carbocycles. The van der Waals surface area contributed by atoms with Gasteiger partial charge in [-0.15, -0.1) is 0 Å². The van der Waals surface area contributed by atoms with Crippen LogP contribution in [0.1, 0.15) is 41.0 Å². The molecule has 2 unspecified atom stereocenters. The van der Waals surface area contributed by atoms with E-state index in [0.29, 0.717) is 11.9 Å². The van der Waals surface area contributed by atoms with Crippen molar-refractivity contribution >= 4 is 5.91 Å². The number of likely N-dealkylation sites (N-methyl/N-ethyl adjacent to an activating group) is 1. The molecular formula is C13H26N2O. The lowest BCUT2D eigenvalue weighted by molar-refractivity contribution is -0.137. The Balaban J connectivity index is 2.51. The van der Waals surface area contributed by atoms with Gasteiger partial charge in [0.25, 0.3) is 0 Å². The van der Waals surface area contributed by atoms with Crippen LogP contribution in [0, 0.1) is 11.3 Å². The molecule has 0 saturated carbocycles. The largest absolute Gasteiger partial charge is 0.341 e. The monoisotopic (exact) mass is 226 g/mol. The van der Waals surface area contributed by atoms with Crippen LogP contribution in [0.5, 0.6) is 0 Å². The average molecular weight is 226 g/mol. The van der Waals surface area contributed by atoms with Gasteiger partial charge in [0.05, 0.1) is 0 Å². The zero-order valence-electron chi connectivity index (χ0n) is 11.3. The van der Waals surface area contributed by atoms with Crippen LogP contribution in [0.3, 0.4) is 0 Å². The van der Waals surface area contributed by atoms with Crippen LogP contribution in [0.4, 0.5) is 0 Å². The lowest BCUT2D eigenvalue weighted by atomic mass is 9.81. The van der Waals surface area contributed by atoms with Crippen molar-refractivity contribution in [1.82, 2.24) is 10.2 Å². The summed E-state index contributed by atoms with van der Waals surface area (Å²) in [4.78, 5) is 14.3. The number of nitrogens with zero attached hydrogens (tertiary/aromatic N) is 1. The Morgan fingerprint density at radius 3 is 2.62 bits per heavy atom. The first-order valence-electron chi connectivity index (χ1n) is 6.38. The van der Waals surface area contributed by atoms with Crippen LogP contribution in [0.25, 0.3) is 0 Å². The molecule has 3 heteroatoms. The molecule has 3 nitrogen and oxygen atoms in total. The number of hydrogen-bond donors (Lipinski definition) is 1.